The summed E-state index contributed by atoms with van der Waals surface area (Å²) in [6.45, 7) is 2.57. The minimum atomic E-state index is -4.16. The van der Waals surface area contributed by atoms with Crippen molar-refractivity contribution in [1.29, 1.82) is 0 Å². The zero-order chi connectivity index (χ0) is 36.0. The number of ether oxygens (including phenoxy) is 2. The summed E-state index contributed by atoms with van der Waals surface area (Å²) in [6, 6.07) is 6.89. The zero-order valence-corrected chi connectivity index (χ0v) is 29.8. The van der Waals surface area contributed by atoms with Gasteiger partial charge in [0.15, 0.2) is 5.17 Å². The van der Waals surface area contributed by atoms with Crippen LogP contribution in [0.3, 0.4) is 0 Å². The second-order valence-electron chi connectivity index (χ2n) is 11.9. The molecule has 0 radical (unpaired) electrons. The molecular formula is C32H47N5O10S2. The summed E-state index contributed by atoms with van der Waals surface area (Å²) in [4.78, 5) is 60.5. The number of methoxy groups -OCH3 is 1. The Bertz CT molecular complexity index is 1460. The first kappa shape index (κ1) is 39.9. The molecule has 2 unspecified atom stereocenters. The van der Waals surface area contributed by atoms with Crippen LogP contribution in [0.25, 0.3) is 0 Å². The standard InChI is InChI=1S/C31H43N5O6S.CH4O4S/c1-20-27(30(40)34-19-17-25(37)41-2)43-31(36(20)23-8-6-9-23)35-29(39)22-15-13-21(14-16-22)28(32)33-18-7-12-26(38)42-24-10-4-3-5-11-24;1-5-6(2,3)4/h13-16,20,23-24,27H,3-12,17-19H2,1-2H3,(H2,32,33)(H,34,40);1H3,(H,2,3,4). The summed E-state index contributed by atoms with van der Waals surface area (Å²) < 4.78 is 39.9. The van der Waals surface area contributed by atoms with Crippen LogP contribution in [-0.2, 0) is 38.4 Å². The van der Waals surface area contributed by atoms with Gasteiger partial charge in [0.25, 0.3) is 5.91 Å². The highest BCUT2D eigenvalue weighted by Gasteiger charge is 2.45. The summed E-state index contributed by atoms with van der Waals surface area (Å²) in [6.07, 6.45) is 9.46. The predicted octanol–water partition coefficient (Wildman–Crippen LogP) is 3.02. The van der Waals surface area contributed by atoms with Crippen LogP contribution in [-0.4, -0.2) is 103 Å². The lowest BCUT2D eigenvalue weighted by Crippen LogP contribution is -2.49. The summed E-state index contributed by atoms with van der Waals surface area (Å²) in [5.74, 6) is -0.820. The van der Waals surface area contributed by atoms with Crippen LogP contribution >= 0.6 is 11.8 Å². The number of hydrogen-bond acceptors (Lipinski definition) is 11. The van der Waals surface area contributed by atoms with Crippen molar-refractivity contribution >= 4 is 56.9 Å². The Morgan fingerprint density at radius 1 is 0.980 bits per heavy atom. The Hall–Kier alpha value is -3.54. The molecule has 17 heteroatoms. The molecule has 1 saturated heterocycles. The average molecular weight is 726 g/mol. The van der Waals surface area contributed by atoms with Gasteiger partial charge in [-0.05, 0) is 70.4 Å². The lowest BCUT2D eigenvalue weighted by molar-refractivity contribution is -0.150. The van der Waals surface area contributed by atoms with Crippen LogP contribution in [0.4, 0.5) is 0 Å². The Balaban J connectivity index is 0.000000992. The molecule has 49 heavy (non-hydrogen) atoms. The van der Waals surface area contributed by atoms with Crippen molar-refractivity contribution < 1.29 is 45.8 Å². The highest BCUT2D eigenvalue weighted by Crippen LogP contribution is 2.39. The Kier molecular flexibility index (Phi) is 16.0. The van der Waals surface area contributed by atoms with Crippen molar-refractivity contribution in [3.05, 3.63) is 35.4 Å². The largest absolute Gasteiger partial charge is 0.469 e. The number of nitrogens with one attached hydrogen (secondary N) is 1. The number of rotatable bonds is 13. The maximum Gasteiger partial charge on any atom is 0.397 e. The topological polar surface area (TPSA) is 216 Å². The van der Waals surface area contributed by atoms with Gasteiger partial charge in [-0.1, -0.05) is 30.3 Å². The molecule has 0 spiro atoms. The molecule has 0 aromatic heterocycles. The van der Waals surface area contributed by atoms with Gasteiger partial charge in [0.05, 0.1) is 20.6 Å². The van der Waals surface area contributed by atoms with Crippen molar-refractivity contribution in [2.45, 2.75) is 101 Å². The molecule has 2 amide bonds. The van der Waals surface area contributed by atoms with Gasteiger partial charge in [0.2, 0.25) is 5.91 Å². The molecule has 4 N–H and O–H groups in total. The van der Waals surface area contributed by atoms with Crippen LogP contribution in [0.1, 0.15) is 93.5 Å². The first-order valence-electron chi connectivity index (χ1n) is 16.4. The number of carbonyl (C=O) groups excluding carboxylic acids is 4. The number of thioether (sulfide) groups is 1. The smallest absolute Gasteiger partial charge is 0.397 e. The quantitative estimate of drug-likeness (QED) is 0.0877. The van der Waals surface area contributed by atoms with Crippen molar-refractivity contribution in [3.8, 4) is 0 Å². The van der Waals surface area contributed by atoms with Gasteiger partial charge in [-0.15, -0.1) is 0 Å². The van der Waals surface area contributed by atoms with Crippen molar-refractivity contribution in [2.24, 2.45) is 15.7 Å². The number of carbonyl (C=O) groups is 4. The number of amidine groups is 2. The molecule has 2 saturated carbocycles. The number of nitrogens with zero attached hydrogens (tertiary/aromatic N) is 3. The molecule has 4 rings (SSSR count). The lowest BCUT2D eigenvalue weighted by atomic mass is 9.90. The maximum absolute atomic E-state index is 13.2. The highest BCUT2D eigenvalue weighted by atomic mass is 32.3. The fourth-order valence-electron chi connectivity index (χ4n) is 5.47. The molecule has 3 fully saturated rings. The molecule has 2 aliphatic carbocycles. The number of aliphatic imine (C=N–C) groups is 2. The molecule has 272 valence electrons. The molecule has 15 nitrogen and oxygen atoms in total. The van der Waals surface area contributed by atoms with E-state index in [1.807, 2.05) is 6.92 Å². The van der Waals surface area contributed by atoms with E-state index in [4.69, 9.17) is 15.0 Å². The average Bonchev–Trinajstić information content (AvgIpc) is 3.37. The van der Waals surface area contributed by atoms with Crippen molar-refractivity contribution in [2.75, 3.05) is 27.3 Å². The molecule has 3 aliphatic rings. The fourth-order valence-corrected chi connectivity index (χ4v) is 6.79. The first-order chi connectivity index (χ1) is 23.3. The Morgan fingerprint density at radius 3 is 2.18 bits per heavy atom. The van der Waals surface area contributed by atoms with Gasteiger partial charge in [-0.25, -0.2) is 0 Å². The summed E-state index contributed by atoms with van der Waals surface area (Å²) in [7, 11) is -1.98. The van der Waals surface area contributed by atoms with E-state index < -0.39 is 21.6 Å². The SMILES string of the molecule is COC(=O)CCNC(=O)C1SC(=NC(=O)c2ccc(C(N)=NCCCC(=O)OC3CCCCC3)cc2)N(C2CCC2)C1C.COS(=O)(=O)O. The minimum absolute atomic E-state index is 0.0587. The van der Waals surface area contributed by atoms with Crippen LogP contribution in [0.5, 0.6) is 0 Å². The molecular weight excluding hydrogens is 679 g/mol. The normalized spacial score (nSPS) is 20.9. The Morgan fingerprint density at radius 2 is 1.61 bits per heavy atom. The van der Waals surface area contributed by atoms with E-state index >= 15 is 0 Å². The zero-order valence-electron chi connectivity index (χ0n) is 28.2. The monoisotopic (exact) mass is 725 g/mol. The fraction of sp³-hybridized carbons (Fsp3) is 0.625. The molecule has 1 aromatic carbocycles. The van der Waals surface area contributed by atoms with Crippen LogP contribution < -0.4 is 11.1 Å². The van der Waals surface area contributed by atoms with Gasteiger partial charge < -0.3 is 25.4 Å². The van der Waals surface area contributed by atoms with E-state index in [9.17, 15) is 27.6 Å². The maximum atomic E-state index is 13.2. The minimum Gasteiger partial charge on any atom is -0.469 e. The second kappa shape index (κ2) is 19.6. The number of benzene rings is 1. The van der Waals surface area contributed by atoms with E-state index in [-0.39, 0.29) is 49.0 Å². The van der Waals surface area contributed by atoms with E-state index in [0.29, 0.717) is 41.5 Å². The molecule has 1 aliphatic heterocycles. The van der Waals surface area contributed by atoms with E-state index in [1.165, 1.54) is 25.3 Å². The van der Waals surface area contributed by atoms with Crippen molar-refractivity contribution in [1.82, 2.24) is 10.2 Å². The van der Waals surface area contributed by atoms with Crippen LogP contribution in [0.15, 0.2) is 34.3 Å². The van der Waals surface area contributed by atoms with Gasteiger partial charge in [0, 0.05) is 42.7 Å². The molecule has 2 atom stereocenters. The second-order valence-corrected chi connectivity index (χ2v) is 14.2. The van der Waals surface area contributed by atoms with Crippen LogP contribution in [0.2, 0.25) is 0 Å². The van der Waals surface area contributed by atoms with Gasteiger partial charge >= 0.3 is 22.3 Å². The van der Waals surface area contributed by atoms with Crippen molar-refractivity contribution in [3.63, 3.8) is 0 Å². The highest BCUT2D eigenvalue weighted by molar-refractivity contribution is 8.15. The van der Waals surface area contributed by atoms with E-state index in [2.05, 4.69) is 29.1 Å². The Labute approximate surface area is 291 Å². The van der Waals surface area contributed by atoms with Gasteiger partial charge in [-0.3, -0.25) is 32.9 Å². The number of nitrogens with two attached hydrogens (primary N) is 1. The summed E-state index contributed by atoms with van der Waals surface area (Å²) in [5, 5.41) is 2.90. The molecule has 0 bridgehead atoms. The van der Waals surface area contributed by atoms with E-state index in [1.54, 1.807) is 24.3 Å². The predicted molar refractivity (Wildman–Crippen MR) is 185 cm³/mol. The van der Waals surface area contributed by atoms with E-state index in [0.717, 1.165) is 52.1 Å². The lowest BCUT2D eigenvalue weighted by Gasteiger charge is -2.39. The summed E-state index contributed by atoms with van der Waals surface area (Å²) >= 11 is 1.29. The third kappa shape index (κ3) is 13.0. The van der Waals surface area contributed by atoms with Crippen LogP contribution in [0, 0.1) is 0 Å². The van der Waals surface area contributed by atoms with Gasteiger partial charge in [-0.2, -0.15) is 13.4 Å². The number of amides is 2. The first-order valence-corrected chi connectivity index (χ1v) is 18.6. The third-order valence-corrected chi connectivity index (χ3v) is 10.2. The molecule has 1 heterocycles. The number of hydrogen-bond donors (Lipinski definition) is 3. The summed E-state index contributed by atoms with van der Waals surface area (Å²) in [5.41, 5.74) is 7.24. The number of esters is 2. The molecule has 1 aromatic rings. The van der Waals surface area contributed by atoms with Gasteiger partial charge in [0.1, 0.15) is 17.2 Å². The third-order valence-electron chi connectivity index (χ3n) is 8.42.